The van der Waals surface area contributed by atoms with Crippen LogP contribution in [0.5, 0.6) is 0 Å². The maximum absolute atomic E-state index is 13.0. The van der Waals surface area contributed by atoms with Crippen molar-refractivity contribution in [1.29, 1.82) is 0 Å². The highest BCUT2D eigenvalue weighted by atomic mass is 16.1. The van der Waals surface area contributed by atoms with Crippen molar-refractivity contribution in [2.45, 2.75) is 6.92 Å². The number of rotatable bonds is 3. The van der Waals surface area contributed by atoms with E-state index in [-0.39, 0.29) is 11.5 Å². The number of amides is 1. The van der Waals surface area contributed by atoms with Crippen molar-refractivity contribution in [2.24, 2.45) is 0 Å². The summed E-state index contributed by atoms with van der Waals surface area (Å²) in [5.74, 6) is -0.129. The molecule has 144 valence electrons. The van der Waals surface area contributed by atoms with Crippen LogP contribution in [0, 0.1) is 6.92 Å². The third-order valence-electron chi connectivity index (χ3n) is 5.30. The van der Waals surface area contributed by atoms with Crippen molar-refractivity contribution < 1.29 is 4.79 Å². The summed E-state index contributed by atoms with van der Waals surface area (Å²) in [5, 5.41) is 3.93. The molecule has 0 unspecified atom stereocenters. The third kappa shape index (κ3) is 3.64. The summed E-state index contributed by atoms with van der Waals surface area (Å²) < 4.78 is 0. The van der Waals surface area contributed by atoms with Crippen LogP contribution in [0.4, 0.5) is 11.4 Å². The lowest BCUT2D eigenvalue weighted by atomic mass is 10.1. The van der Waals surface area contributed by atoms with E-state index in [2.05, 4.69) is 27.1 Å². The van der Waals surface area contributed by atoms with Crippen LogP contribution in [0.3, 0.4) is 0 Å². The lowest BCUT2D eigenvalue weighted by Crippen LogP contribution is -2.45. The highest BCUT2D eigenvalue weighted by molar-refractivity contribution is 6.08. The Morgan fingerprint density at radius 3 is 2.57 bits per heavy atom. The van der Waals surface area contributed by atoms with Gasteiger partial charge in [0.15, 0.2) is 0 Å². The number of likely N-dealkylation sites (N-methyl/N-ethyl adjacent to an activating group) is 1. The monoisotopic (exact) mass is 376 g/mol. The molecule has 0 bridgehead atoms. The zero-order valence-electron chi connectivity index (χ0n) is 16.2. The number of hydrogen-bond acceptors (Lipinski definition) is 4. The van der Waals surface area contributed by atoms with Crippen LogP contribution in [0.1, 0.15) is 15.9 Å². The van der Waals surface area contributed by atoms with Gasteiger partial charge in [0.1, 0.15) is 0 Å². The van der Waals surface area contributed by atoms with Crippen molar-refractivity contribution in [1.82, 2.24) is 9.88 Å². The van der Waals surface area contributed by atoms with Gasteiger partial charge in [-0.15, -0.1) is 0 Å². The predicted octanol–water partition coefficient (Wildman–Crippen LogP) is 2.84. The van der Waals surface area contributed by atoms with Crippen LogP contribution in [-0.4, -0.2) is 49.0 Å². The van der Waals surface area contributed by atoms with Gasteiger partial charge in [-0.1, -0.05) is 12.1 Å². The Hall–Kier alpha value is -3.12. The molecule has 4 rings (SSSR count). The molecule has 6 heteroatoms. The molecule has 1 fully saturated rings. The summed E-state index contributed by atoms with van der Waals surface area (Å²) in [7, 11) is 2.12. The fourth-order valence-electron chi connectivity index (χ4n) is 3.69. The highest BCUT2D eigenvalue weighted by Gasteiger charge is 2.20. The molecule has 0 spiro atoms. The zero-order valence-corrected chi connectivity index (χ0v) is 16.2. The van der Waals surface area contributed by atoms with E-state index in [0.717, 1.165) is 48.3 Å². The SMILES string of the molecule is Cc1cc(=O)[nH]c2ccc(NC(=O)c3ccccc3N3CCN(C)CC3)cc12. The number of aromatic nitrogens is 1. The van der Waals surface area contributed by atoms with Gasteiger partial charge in [-0.05, 0) is 49.9 Å². The molecule has 1 amide bonds. The number of fused-ring (bicyclic) bond motifs is 1. The molecular weight excluding hydrogens is 352 g/mol. The predicted molar refractivity (Wildman–Crippen MR) is 113 cm³/mol. The van der Waals surface area contributed by atoms with E-state index < -0.39 is 0 Å². The number of hydrogen-bond donors (Lipinski definition) is 2. The summed E-state index contributed by atoms with van der Waals surface area (Å²) in [5.41, 5.74) is 3.87. The van der Waals surface area contributed by atoms with Crippen LogP contribution in [0.25, 0.3) is 10.9 Å². The van der Waals surface area contributed by atoms with Gasteiger partial charge < -0.3 is 20.1 Å². The van der Waals surface area contributed by atoms with Crippen molar-refractivity contribution >= 4 is 28.2 Å². The van der Waals surface area contributed by atoms with E-state index in [4.69, 9.17) is 0 Å². The number of para-hydroxylation sites is 1. The molecule has 1 aliphatic rings. The van der Waals surface area contributed by atoms with Crippen molar-refractivity contribution in [3.63, 3.8) is 0 Å². The summed E-state index contributed by atoms with van der Waals surface area (Å²) >= 11 is 0. The quantitative estimate of drug-likeness (QED) is 0.738. The number of nitrogens with zero attached hydrogens (tertiary/aromatic N) is 2. The molecule has 0 atom stereocenters. The van der Waals surface area contributed by atoms with Gasteiger partial charge in [0.05, 0.1) is 5.56 Å². The van der Waals surface area contributed by atoms with Crippen molar-refractivity contribution in [3.8, 4) is 0 Å². The molecule has 2 aromatic carbocycles. The van der Waals surface area contributed by atoms with Crippen LogP contribution < -0.4 is 15.8 Å². The Labute approximate surface area is 163 Å². The average molecular weight is 376 g/mol. The van der Waals surface area contributed by atoms with Crippen LogP contribution in [0.2, 0.25) is 0 Å². The third-order valence-corrected chi connectivity index (χ3v) is 5.30. The molecule has 1 aliphatic heterocycles. The van der Waals surface area contributed by atoms with E-state index in [1.807, 2.05) is 49.4 Å². The van der Waals surface area contributed by atoms with Gasteiger partial charge in [-0.3, -0.25) is 9.59 Å². The minimum absolute atomic E-state index is 0.122. The van der Waals surface area contributed by atoms with Crippen molar-refractivity contribution in [3.05, 3.63) is 70.0 Å². The maximum Gasteiger partial charge on any atom is 0.257 e. The van der Waals surface area contributed by atoms with Gasteiger partial charge in [-0.2, -0.15) is 0 Å². The number of aryl methyl sites for hydroxylation is 1. The summed E-state index contributed by atoms with van der Waals surface area (Å²) in [6.07, 6.45) is 0. The largest absolute Gasteiger partial charge is 0.368 e. The summed E-state index contributed by atoms with van der Waals surface area (Å²) in [4.78, 5) is 32.0. The number of carbonyl (C=O) groups is 1. The maximum atomic E-state index is 13.0. The second-order valence-corrected chi connectivity index (χ2v) is 7.34. The molecule has 1 aromatic heterocycles. The molecule has 28 heavy (non-hydrogen) atoms. The molecule has 3 aromatic rings. The molecule has 2 N–H and O–H groups in total. The van der Waals surface area contributed by atoms with E-state index in [1.54, 1.807) is 6.07 Å². The number of nitrogens with one attached hydrogen (secondary N) is 2. The fourth-order valence-corrected chi connectivity index (χ4v) is 3.69. The number of pyridine rings is 1. The lowest BCUT2D eigenvalue weighted by Gasteiger charge is -2.35. The molecule has 2 heterocycles. The first-order valence-corrected chi connectivity index (χ1v) is 9.49. The standard InChI is InChI=1S/C22H24N4O2/c1-15-13-21(27)24-19-8-7-16(14-18(15)19)23-22(28)17-5-3-4-6-20(17)26-11-9-25(2)10-12-26/h3-8,13-14H,9-12H2,1-2H3,(H,23,28)(H,24,27). The Balaban J connectivity index is 1.61. The average Bonchev–Trinajstić information content (AvgIpc) is 2.69. The highest BCUT2D eigenvalue weighted by Crippen LogP contribution is 2.24. The van der Waals surface area contributed by atoms with Gasteiger partial charge in [0.2, 0.25) is 5.56 Å². The Morgan fingerprint density at radius 1 is 1.04 bits per heavy atom. The van der Waals surface area contributed by atoms with Gasteiger partial charge in [0.25, 0.3) is 5.91 Å². The number of piperazine rings is 1. The minimum Gasteiger partial charge on any atom is -0.368 e. The Morgan fingerprint density at radius 2 is 1.79 bits per heavy atom. The topological polar surface area (TPSA) is 68.4 Å². The minimum atomic E-state index is -0.129. The van der Waals surface area contributed by atoms with Gasteiger partial charge >= 0.3 is 0 Å². The number of H-pyrrole nitrogens is 1. The van der Waals surface area contributed by atoms with E-state index >= 15 is 0 Å². The van der Waals surface area contributed by atoms with Crippen LogP contribution in [-0.2, 0) is 0 Å². The number of aromatic amines is 1. The van der Waals surface area contributed by atoms with Gasteiger partial charge in [-0.25, -0.2) is 0 Å². The second kappa shape index (κ2) is 7.48. The van der Waals surface area contributed by atoms with Gasteiger partial charge in [0, 0.05) is 54.5 Å². The lowest BCUT2D eigenvalue weighted by molar-refractivity contribution is 0.102. The second-order valence-electron chi connectivity index (χ2n) is 7.34. The number of carbonyl (C=O) groups excluding carboxylic acids is 1. The summed E-state index contributed by atoms with van der Waals surface area (Å²) in [6.45, 7) is 5.68. The van der Waals surface area contributed by atoms with E-state index in [1.165, 1.54) is 0 Å². The molecular formula is C22H24N4O2. The fraction of sp³-hybridized carbons (Fsp3) is 0.273. The first kappa shape index (κ1) is 18.3. The Kier molecular flexibility index (Phi) is 4.88. The van der Waals surface area contributed by atoms with Crippen LogP contribution in [0.15, 0.2) is 53.3 Å². The molecule has 1 saturated heterocycles. The number of anilines is 2. The van der Waals surface area contributed by atoms with Crippen molar-refractivity contribution in [2.75, 3.05) is 43.4 Å². The van der Waals surface area contributed by atoms with E-state index in [9.17, 15) is 9.59 Å². The normalized spacial score (nSPS) is 15.0. The Bertz CT molecular complexity index is 1080. The van der Waals surface area contributed by atoms with E-state index in [0.29, 0.717) is 11.3 Å². The first-order valence-electron chi connectivity index (χ1n) is 9.49. The zero-order chi connectivity index (χ0) is 19.7. The first-order chi connectivity index (χ1) is 13.5. The molecule has 0 saturated carbocycles. The number of benzene rings is 2. The summed E-state index contributed by atoms with van der Waals surface area (Å²) in [6, 6.07) is 14.8. The molecule has 0 aliphatic carbocycles. The molecule has 0 radical (unpaired) electrons. The van der Waals surface area contributed by atoms with Crippen LogP contribution >= 0.6 is 0 Å². The molecule has 6 nitrogen and oxygen atoms in total. The smallest absolute Gasteiger partial charge is 0.257 e.